The summed E-state index contributed by atoms with van der Waals surface area (Å²) < 4.78 is 109. The minimum absolute atomic E-state index is 0.0413. The van der Waals surface area contributed by atoms with Crippen LogP contribution in [0, 0.1) is 0 Å². The smallest absolute Gasteiger partial charge is 0.416 e. The van der Waals surface area contributed by atoms with Crippen molar-refractivity contribution < 1.29 is 44.8 Å². The summed E-state index contributed by atoms with van der Waals surface area (Å²) in [6, 6.07) is 18.3. The molecule has 4 rings (SSSR count). The van der Waals surface area contributed by atoms with Gasteiger partial charge in [0.1, 0.15) is 12.1 Å². The second-order valence-corrected chi connectivity index (χ2v) is 14.2. The zero-order valence-electron chi connectivity index (χ0n) is 26.2. The molecule has 0 spiro atoms. The number of alkyl halides is 6. The maximum atomic E-state index is 13.9. The number of amides is 1. The van der Waals surface area contributed by atoms with Crippen LogP contribution >= 0.6 is 0 Å². The number of nitrogens with zero attached hydrogens (tertiary/aromatic N) is 1. The molecule has 0 aromatic heterocycles. The summed E-state index contributed by atoms with van der Waals surface area (Å²) in [5, 5.41) is 0. The maximum Gasteiger partial charge on any atom is 0.416 e. The Balaban J connectivity index is 1.73. The zero-order valence-corrected chi connectivity index (χ0v) is 27.0. The normalized spacial score (nSPS) is 20.1. The van der Waals surface area contributed by atoms with Crippen molar-refractivity contribution in [2.75, 3.05) is 13.2 Å². The molecule has 2 unspecified atom stereocenters. The lowest BCUT2D eigenvalue weighted by atomic mass is 9.85. The van der Waals surface area contributed by atoms with Gasteiger partial charge in [-0.3, -0.25) is 4.90 Å². The molecule has 1 N–H and O–H groups in total. The van der Waals surface area contributed by atoms with E-state index in [0.29, 0.717) is 17.7 Å². The van der Waals surface area contributed by atoms with Crippen LogP contribution in [-0.4, -0.2) is 39.1 Å². The summed E-state index contributed by atoms with van der Waals surface area (Å²) in [5.74, 6) is 0. The van der Waals surface area contributed by atoms with Crippen LogP contribution in [0.15, 0.2) is 91.0 Å². The fourth-order valence-electron chi connectivity index (χ4n) is 4.96. The second kappa shape index (κ2) is 14.2. The number of benzene rings is 3. The highest BCUT2D eigenvalue weighted by atomic mass is 32.2. The molecule has 3 aromatic rings. The third-order valence-corrected chi connectivity index (χ3v) is 9.24. The van der Waals surface area contributed by atoms with Crippen molar-refractivity contribution in [1.29, 1.82) is 0 Å². The Labute approximate surface area is 272 Å². The van der Waals surface area contributed by atoms with E-state index in [0.717, 1.165) is 5.56 Å². The molecule has 3 aromatic carbocycles. The van der Waals surface area contributed by atoms with Crippen LogP contribution < -0.4 is 4.72 Å². The van der Waals surface area contributed by atoms with Crippen molar-refractivity contribution in [3.8, 4) is 0 Å². The van der Waals surface area contributed by atoms with Crippen LogP contribution in [-0.2, 0) is 45.0 Å². The van der Waals surface area contributed by atoms with Gasteiger partial charge >= 0.3 is 18.4 Å². The highest BCUT2D eigenvalue weighted by Gasteiger charge is 2.45. The highest BCUT2D eigenvalue weighted by Crippen LogP contribution is 2.40. The average molecular weight is 683 g/mol. The summed E-state index contributed by atoms with van der Waals surface area (Å²) in [6.45, 7) is 6.23. The second-order valence-electron chi connectivity index (χ2n) is 12.2. The number of nitrogens with one attached hydrogen (secondary N) is 1. The number of carbonyl (C=O) groups is 1. The molecule has 254 valence electrons. The van der Waals surface area contributed by atoms with E-state index in [4.69, 9.17) is 9.47 Å². The van der Waals surface area contributed by atoms with Crippen molar-refractivity contribution in [3.05, 3.63) is 119 Å². The SMILES string of the molecule is C[C@@H](OC[C@@]1(c2ccccc2)C=CC(NS(=O)C(C)(C)C)CN1C(=O)OCc1ccccc1)c1cc(C(F)(F)F)cc(C(F)(F)F)c1. The van der Waals surface area contributed by atoms with E-state index in [-0.39, 0.29) is 31.4 Å². The summed E-state index contributed by atoms with van der Waals surface area (Å²) in [7, 11) is -1.52. The predicted molar refractivity (Wildman–Crippen MR) is 166 cm³/mol. The first-order valence-corrected chi connectivity index (χ1v) is 15.9. The van der Waals surface area contributed by atoms with Crippen LogP contribution in [0.4, 0.5) is 31.1 Å². The van der Waals surface area contributed by atoms with E-state index in [1.807, 2.05) is 6.07 Å². The molecule has 47 heavy (non-hydrogen) atoms. The molecule has 0 bridgehead atoms. The van der Waals surface area contributed by atoms with Gasteiger partial charge in [-0.15, -0.1) is 0 Å². The molecule has 0 saturated carbocycles. The molecule has 0 saturated heterocycles. The van der Waals surface area contributed by atoms with Gasteiger partial charge in [0.05, 0.1) is 45.6 Å². The lowest BCUT2D eigenvalue weighted by Gasteiger charge is -2.46. The predicted octanol–water partition coefficient (Wildman–Crippen LogP) is 8.33. The summed E-state index contributed by atoms with van der Waals surface area (Å²) in [6.07, 6.45) is -8.68. The zero-order chi connectivity index (χ0) is 34.6. The number of hydrogen-bond acceptors (Lipinski definition) is 4. The van der Waals surface area contributed by atoms with Gasteiger partial charge in [0.15, 0.2) is 0 Å². The summed E-state index contributed by atoms with van der Waals surface area (Å²) in [5.41, 5.74) is -3.39. The molecule has 1 amide bonds. The number of hydrogen-bond donors (Lipinski definition) is 1. The Bertz CT molecular complexity index is 1540. The Morgan fingerprint density at radius 1 is 0.936 bits per heavy atom. The Kier molecular flexibility index (Phi) is 10.9. The molecule has 1 heterocycles. The van der Waals surface area contributed by atoms with Crippen LogP contribution in [0.2, 0.25) is 0 Å². The highest BCUT2D eigenvalue weighted by molar-refractivity contribution is 7.84. The largest absolute Gasteiger partial charge is 0.445 e. The van der Waals surface area contributed by atoms with Gasteiger partial charge in [0.25, 0.3) is 0 Å². The van der Waals surface area contributed by atoms with Gasteiger partial charge in [-0.25, -0.2) is 13.7 Å². The number of halogens is 6. The molecule has 0 aliphatic carbocycles. The fourth-order valence-corrected chi connectivity index (χ4v) is 5.74. The molecule has 0 fully saturated rings. The van der Waals surface area contributed by atoms with Crippen molar-refractivity contribution in [3.63, 3.8) is 0 Å². The fraction of sp³-hybridized carbons (Fsp3) is 0.382. The monoisotopic (exact) mass is 682 g/mol. The number of rotatable bonds is 9. The van der Waals surface area contributed by atoms with Gasteiger partial charge in [-0.05, 0) is 62.6 Å². The van der Waals surface area contributed by atoms with Crippen LogP contribution in [0.25, 0.3) is 0 Å². The first kappa shape index (κ1) is 36.2. The van der Waals surface area contributed by atoms with Gasteiger partial charge in [0, 0.05) is 6.54 Å². The quantitative estimate of drug-likeness (QED) is 0.182. The van der Waals surface area contributed by atoms with Gasteiger partial charge in [-0.1, -0.05) is 72.8 Å². The molecule has 13 heteroatoms. The molecule has 4 atom stereocenters. The van der Waals surface area contributed by atoms with Crippen LogP contribution in [0.3, 0.4) is 0 Å². The lowest BCUT2D eigenvalue weighted by molar-refractivity contribution is -0.143. The molecule has 6 nitrogen and oxygen atoms in total. The number of carbonyl (C=O) groups excluding carboxylic acids is 1. The van der Waals surface area contributed by atoms with Gasteiger partial charge in [-0.2, -0.15) is 26.3 Å². The van der Waals surface area contributed by atoms with Crippen molar-refractivity contribution >= 4 is 17.1 Å². The molecule has 1 aliphatic rings. The van der Waals surface area contributed by atoms with Crippen molar-refractivity contribution in [2.45, 2.75) is 69.1 Å². The first-order valence-electron chi connectivity index (χ1n) is 14.7. The lowest BCUT2D eigenvalue weighted by Crippen LogP contribution is -2.59. The Hall–Kier alpha value is -3.68. The van der Waals surface area contributed by atoms with E-state index in [1.54, 1.807) is 87.5 Å². The standard InChI is InChI=1S/C34H36F6N2O4S/c1-23(25-17-27(33(35,36)37)19-28(18-25)34(38,39)40)46-22-32(26-13-9-6-10-14-26)16-15-29(41-47(44)31(2,3)4)20-42(32)30(43)45-21-24-11-7-5-8-12-24/h5-19,23,29,41H,20-22H2,1-4H3/t23-,29?,32-,47?/m1/s1. The van der Waals surface area contributed by atoms with Gasteiger partial charge < -0.3 is 9.47 Å². The third kappa shape index (κ3) is 9.02. The van der Waals surface area contributed by atoms with E-state index in [1.165, 1.54) is 11.8 Å². The summed E-state index contributed by atoms with van der Waals surface area (Å²) in [4.78, 5) is 15.3. The van der Waals surface area contributed by atoms with Crippen LogP contribution in [0.5, 0.6) is 0 Å². The van der Waals surface area contributed by atoms with Crippen molar-refractivity contribution in [2.24, 2.45) is 0 Å². The topological polar surface area (TPSA) is 67.9 Å². The van der Waals surface area contributed by atoms with E-state index in [2.05, 4.69) is 4.72 Å². The number of ether oxygens (including phenoxy) is 2. The van der Waals surface area contributed by atoms with E-state index < -0.39 is 63.0 Å². The van der Waals surface area contributed by atoms with E-state index >= 15 is 0 Å². The minimum Gasteiger partial charge on any atom is -0.445 e. The van der Waals surface area contributed by atoms with E-state index in [9.17, 15) is 35.3 Å². The first-order chi connectivity index (χ1) is 21.9. The van der Waals surface area contributed by atoms with Gasteiger partial charge in [0.2, 0.25) is 0 Å². The maximum absolute atomic E-state index is 13.9. The molecular formula is C34H36F6N2O4S. The molecule has 0 radical (unpaired) electrons. The Morgan fingerprint density at radius 2 is 1.49 bits per heavy atom. The Morgan fingerprint density at radius 3 is 2.02 bits per heavy atom. The third-order valence-electron chi connectivity index (χ3n) is 7.61. The van der Waals surface area contributed by atoms with Crippen molar-refractivity contribution in [1.82, 2.24) is 9.62 Å². The average Bonchev–Trinajstić information content (AvgIpc) is 3.02. The molecule has 1 aliphatic heterocycles. The molecular weight excluding hydrogens is 646 g/mol. The van der Waals surface area contributed by atoms with Crippen LogP contribution in [0.1, 0.15) is 61.6 Å². The minimum atomic E-state index is -5.03. The summed E-state index contributed by atoms with van der Waals surface area (Å²) >= 11 is 0.